The van der Waals surface area contributed by atoms with E-state index in [4.69, 9.17) is 16.7 Å². The maximum atomic E-state index is 12.2. The van der Waals surface area contributed by atoms with Crippen LogP contribution in [-0.2, 0) is 11.2 Å². The number of nitrogens with zero attached hydrogens (tertiary/aromatic N) is 1. The van der Waals surface area contributed by atoms with E-state index >= 15 is 0 Å². The lowest BCUT2D eigenvalue weighted by Gasteiger charge is -2.40. The zero-order chi connectivity index (χ0) is 17.1. The molecule has 0 bridgehead atoms. The molecule has 1 saturated carbocycles. The highest BCUT2D eigenvalue weighted by atomic mass is 35.5. The lowest BCUT2D eigenvalue weighted by atomic mass is 9.86. The molecule has 2 aliphatic rings. The number of aliphatic carboxylic acids is 1. The van der Waals surface area contributed by atoms with E-state index in [0.717, 1.165) is 42.9 Å². The molecule has 2 fully saturated rings. The molecule has 1 aliphatic carbocycles. The van der Waals surface area contributed by atoms with Gasteiger partial charge in [-0.1, -0.05) is 29.8 Å². The first-order chi connectivity index (χ1) is 11.5. The fourth-order valence-electron chi connectivity index (χ4n) is 3.59. The number of urea groups is 1. The van der Waals surface area contributed by atoms with Crippen molar-refractivity contribution in [3.63, 3.8) is 0 Å². The van der Waals surface area contributed by atoms with Crippen LogP contribution >= 0.6 is 11.6 Å². The number of hydrogen-bond donors (Lipinski definition) is 2. The monoisotopic (exact) mass is 350 g/mol. The molecule has 1 aliphatic heterocycles. The Morgan fingerprint density at radius 3 is 2.46 bits per heavy atom. The van der Waals surface area contributed by atoms with Crippen LogP contribution in [0, 0.1) is 11.8 Å². The first-order valence-corrected chi connectivity index (χ1v) is 8.92. The number of benzene rings is 1. The molecule has 1 heterocycles. The van der Waals surface area contributed by atoms with Crippen LogP contribution in [-0.4, -0.2) is 41.1 Å². The van der Waals surface area contributed by atoms with Crippen molar-refractivity contribution in [2.24, 2.45) is 11.8 Å². The second-order valence-electron chi connectivity index (χ2n) is 6.90. The third kappa shape index (κ3) is 4.01. The molecule has 2 amide bonds. The van der Waals surface area contributed by atoms with Gasteiger partial charge < -0.3 is 15.3 Å². The number of nitrogens with one attached hydrogen (secondary N) is 1. The molecule has 0 spiro atoms. The number of carbonyl (C=O) groups is 2. The van der Waals surface area contributed by atoms with Crippen molar-refractivity contribution in [1.29, 1.82) is 0 Å². The van der Waals surface area contributed by atoms with E-state index in [-0.39, 0.29) is 18.0 Å². The van der Waals surface area contributed by atoms with E-state index in [1.807, 2.05) is 29.2 Å². The third-order valence-corrected chi connectivity index (χ3v) is 5.48. The normalized spacial score (nSPS) is 24.3. The van der Waals surface area contributed by atoms with Gasteiger partial charge in [0.25, 0.3) is 0 Å². The number of likely N-dealkylation sites (tertiary alicyclic amines) is 1. The van der Waals surface area contributed by atoms with Gasteiger partial charge in [-0.05, 0) is 49.7 Å². The summed E-state index contributed by atoms with van der Waals surface area (Å²) in [6.07, 6.45) is 3.69. The predicted molar refractivity (Wildman–Crippen MR) is 92.1 cm³/mol. The Kier molecular flexibility index (Phi) is 5.29. The summed E-state index contributed by atoms with van der Waals surface area (Å²) in [5.41, 5.74) is 1.14. The Hall–Kier alpha value is -1.75. The minimum Gasteiger partial charge on any atom is -0.481 e. The molecule has 0 radical (unpaired) electrons. The van der Waals surface area contributed by atoms with E-state index in [0.29, 0.717) is 18.8 Å². The van der Waals surface area contributed by atoms with Gasteiger partial charge in [0.2, 0.25) is 0 Å². The Morgan fingerprint density at radius 2 is 1.83 bits per heavy atom. The molecular weight excluding hydrogens is 328 g/mol. The Morgan fingerprint density at radius 1 is 1.17 bits per heavy atom. The molecule has 6 heteroatoms. The standard InChI is InChI=1S/C18H23ClN2O3/c19-16-4-2-1-3-14(16)9-12-10-21(11-12)18(24)20-15-7-5-13(6-8-15)17(22)23/h1-4,12-13,15H,5-11H2,(H,20,24)(H,22,23). The maximum absolute atomic E-state index is 12.2. The van der Waals surface area contributed by atoms with E-state index in [2.05, 4.69) is 5.32 Å². The van der Waals surface area contributed by atoms with Gasteiger partial charge in [-0.25, -0.2) is 4.79 Å². The van der Waals surface area contributed by atoms with Gasteiger partial charge in [-0.2, -0.15) is 0 Å². The molecule has 0 unspecified atom stereocenters. The zero-order valence-electron chi connectivity index (χ0n) is 13.6. The molecule has 1 saturated heterocycles. The summed E-state index contributed by atoms with van der Waals surface area (Å²) in [7, 11) is 0. The average Bonchev–Trinajstić information content (AvgIpc) is 2.52. The zero-order valence-corrected chi connectivity index (χ0v) is 14.3. The van der Waals surface area contributed by atoms with Crippen molar-refractivity contribution in [3.05, 3.63) is 34.9 Å². The average molecular weight is 351 g/mol. The van der Waals surface area contributed by atoms with Crippen molar-refractivity contribution in [1.82, 2.24) is 10.2 Å². The van der Waals surface area contributed by atoms with Gasteiger partial charge in [-0.3, -0.25) is 4.79 Å². The first-order valence-electron chi connectivity index (χ1n) is 8.54. The molecule has 2 N–H and O–H groups in total. The minimum atomic E-state index is -0.718. The second kappa shape index (κ2) is 7.43. The Bertz CT molecular complexity index is 608. The van der Waals surface area contributed by atoms with Gasteiger partial charge in [0, 0.05) is 24.2 Å². The highest BCUT2D eigenvalue weighted by molar-refractivity contribution is 6.31. The minimum absolute atomic E-state index is 0.0239. The summed E-state index contributed by atoms with van der Waals surface area (Å²) in [5, 5.41) is 12.8. The number of rotatable bonds is 4. The largest absolute Gasteiger partial charge is 0.481 e. The number of hydrogen-bond acceptors (Lipinski definition) is 2. The van der Waals surface area contributed by atoms with Crippen LogP contribution in [0.4, 0.5) is 4.79 Å². The van der Waals surface area contributed by atoms with Crippen LogP contribution in [0.25, 0.3) is 0 Å². The number of carbonyl (C=O) groups excluding carboxylic acids is 1. The van der Waals surface area contributed by atoms with Crippen LogP contribution in [0.2, 0.25) is 5.02 Å². The van der Waals surface area contributed by atoms with Crippen molar-refractivity contribution in [2.75, 3.05) is 13.1 Å². The summed E-state index contributed by atoms with van der Waals surface area (Å²) in [6, 6.07) is 7.92. The number of halogens is 1. The third-order valence-electron chi connectivity index (χ3n) is 5.11. The second-order valence-corrected chi connectivity index (χ2v) is 7.31. The fourth-order valence-corrected chi connectivity index (χ4v) is 3.80. The van der Waals surface area contributed by atoms with Gasteiger partial charge in [0.1, 0.15) is 0 Å². The van der Waals surface area contributed by atoms with Gasteiger partial charge in [0.05, 0.1) is 5.92 Å². The Labute approximate surface area is 147 Å². The van der Waals surface area contributed by atoms with Crippen LogP contribution in [0.5, 0.6) is 0 Å². The number of carboxylic acids is 1. The van der Waals surface area contributed by atoms with Crippen LogP contribution < -0.4 is 5.32 Å². The van der Waals surface area contributed by atoms with E-state index < -0.39 is 5.97 Å². The molecule has 130 valence electrons. The van der Waals surface area contributed by atoms with Crippen molar-refractivity contribution >= 4 is 23.6 Å². The fraction of sp³-hybridized carbons (Fsp3) is 0.556. The number of carboxylic acid groups (broad SMARTS) is 1. The number of amides is 2. The summed E-state index contributed by atoms with van der Waals surface area (Å²) < 4.78 is 0. The van der Waals surface area contributed by atoms with Crippen LogP contribution in [0.15, 0.2) is 24.3 Å². The van der Waals surface area contributed by atoms with Crippen molar-refractivity contribution < 1.29 is 14.7 Å². The topological polar surface area (TPSA) is 69.6 Å². The molecule has 1 aromatic carbocycles. The molecule has 5 nitrogen and oxygen atoms in total. The summed E-state index contributed by atoms with van der Waals surface area (Å²) in [5.74, 6) is -0.509. The summed E-state index contributed by atoms with van der Waals surface area (Å²) in [6.45, 7) is 1.50. The van der Waals surface area contributed by atoms with E-state index in [1.165, 1.54) is 0 Å². The highest BCUT2D eigenvalue weighted by Gasteiger charge is 2.33. The molecule has 0 atom stereocenters. The molecule has 3 rings (SSSR count). The van der Waals surface area contributed by atoms with Crippen LogP contribution in [0.1, 0.15) is 31.2 Å². The van der Waals surface area contributed by atoms with Gasteiger partial charge in [0.15, 0.2) is 0 Å². The van der Waals surface area contributed by atoms with Gasteiger partial charge in [-0.15, -0.1) is 0 Å². The molecule has 0 aromatic heterocycles. The van der Waals surface area contributed by atoms with E-state index in [9.17, 15) is 9.59 Å². The van der Waals surface area contributed by atoms with Crippen molar-refractivity contribution in [2.45, 2.75) is 38.1 Å². The quantitative estimate of drug-likeness (QED) is 0.876. The van der Waals surface area contributed by atoms with Crippen LogP contribution in [0.3, 0.4) is 0 Å². The molecule has 1 aromatic rings. The van der Waals surface area contributed by atoms with E-state index in [1.54, 1.807) is 0 Å². The summed E-state index contributed by atoms with van der Waals surface area (Å²) >= 11 is 6.18. The Balaban J connectivity index is 1.39. The SMILES string of the molecule is O=C(O)C1CCC(NC(=O)N2CC(Cc3ccccc3Cl)C2)CC1. The smallest absolute Gasteiger partial charge is 0.317 e. The lowest BCUT2D eigenvalue weighted by Crippen LogP contribution is -2.56. The first kappa shape index (κ1) is 17.1. The maximum Gasteiger partial charge on any atom is 0.317 e. The highest BCUT2D eigenvalue weighted by Crippen LogP contribution is 2.27. The molecular formula is C18H23ClN2O3. The summed E-state index contributed by atoms with van der Waals surface area (Å²) in [4.78, 5) is 25.0. The predicted octanol–water partition coefficient (Wildman–Crippen LogP) is 3.17. The van der Waals surface area contributed by atoms with Crippen molar-refractivity contribution in [3.8, 4) is 0 Å². The van der Waals surface area contributed by atoms with Gasteiger partial charge >= 0.3 is 12.0 Å². The lowest BCUT2D eigenvalue weighted by molar-refractivity contribution is -0.142. The molecule has 24 heavy (non-hydrogen) atoms.